The third-order valence-corrected chi connectivity index (χ3v) is 2.82. The van der Waals surface area contributed by atoms with Crippen LogP contribution < -0.4 is 15.8 Å². The van der Waals surface area contributed by atoms with E-state index in [9.17, 15) is 9.90 Å². The maximum atomic E-state index is 11.2. The fourth-order valence-electron chi connectivity index (χ4n) is 1.88. The van der Waals surface area contributed by atoms with Gasteiger partial charge in [0.15, 0.2) is 0 Å². The maximum absolute atomic E-state index is 11.2. The molecule has 0 unspecified atom stereocenters. The number of hydrogen-bond donors (Lipinski definition) is 2. The molecule has 0 saturated heterocycles. The van der Waals surface area contributed by atoms with Crippen molar-refractivity contribution in [1.29, 1.82) is 0 Å². The number of hydrogen-bond acceptors (Lipinski definition) is 3. The van der Waals surface area contributed by atoms with Crippen LogP contribution in [0, 0.1) is 0 Å². The highest BCUT2D eigenvalue weighted by Gasteiger charge is 2.08. The molecular weight excluding hydrogens is 218 g/mol. The summed E-state index contributed by atoms with van der Waals surface area (Å²) in [5.41, 5.74) is 1.09. The van der Waals surface area contributed by atoms with E-state index in [1.54, 1.807) is 25.4 Å². The first kappa shape index (κ1) is 11.5. The second-order valence-electron chi connectivity index (χ2n) is 3.98. The number of carbonyl (C=O) groups excluding carboxylic acids is 1. The SMILES string of the molecule is CNC(=O)CCC1=c2ccc(O)cc2=COC1. The van der Waals surface area contributed by atoms with Crippen molar-refractivity contribution in [3.8, 4) is 5.75 Å². The average molecular weight is 233 g/mol. The largest absolute Gasteiger partial charge is 0.508 e. The molecule has 2 rings (SSSR count). The van der Waals surface area contributed by atoms with Crippen LogP contribution in [-0.2, 0) is 9.53 Å². The zero-order chi connectivity index (χ0) is 12.3. The van der Waals surface area contributed by atoms with Crippen molar-refractivity contribution in [2.45, 2.75) is 12.8 Å². The molecule has 0 bridgehead atoms. The summed E-state index contributed by atoms with van der Waals surface area (Å²) >= 11 is 0. The van der Waals surface area contributed by atoms with Gasteiger partial charge in [-0.1, -0.05) is 6.07 Å². The molecule has 90 valence electrons. The molecule has 0 atom stereocenters. The fourth-order valence-corrected chi connectivity index (χ4v) is 1.88. The van der Waals surface area contributed by atoms with Crippen LogP contribution in [0.1, 0.15) is 12.8 Å². The van der Waals surface area contributed by atoms with Crippen molar-refractivity contribution in [1.82, 2.24) is 5.32 Å². The van der Waals surface area contributed by atoms with Gasteiger partial charge in [0.05, 0.1) is 6.26 Å². The predicted molar refractivity (Wildman–Crippen MR) is 64.5 cm³/mol. The predicted octanol–water partition coefficient (Wildman–Crippen LogP) is -0.163. The Balaban J connectivity index is 2.32. The van der Waals surface area contributed by atoms with E-state index >= 15 is 0 Å². The number of ether oxygens (including phenoxy) is 1. The van der Waals surface area contributed by atoms with Crippen molar-refractivity contribution in [3.63, 3.8) is 0 Å². The molecule has 1 aliphatic heterocycles. The molecule has 0 aromatic heterocycles. The monoisotopic (exact) mass is 233 g/mol. The lowest BCUT2D eigenvalue weighted by atomic mass is 10.0. The van der Waals surface area contributed by atoms with Gasteiger partial charge in [-0.2, -0.15) is 0 Å². The van der Waals surface area contributed by atoms with Crippen LogP contribution >= 0.6 is 0 Å². The third kappa shape index (κ3) is 2.58. The molecule has 0 fully saturated rings. The van der Waals surface area contributed by atoms with E-state index in [1.165, 1.54) is 0 Å². The second-order valence-corrected chi connectivity index (χ2v) is 3.98. The van der Waals surface area contributed by atoms with Gasteiger partial charge in [-0.05, 0) is 29.3 Å². The Morgan fingerprint density at radius 1 is 1.53 bits per heavy atom. The minimum absolute atomic E-state index is 0.0207. The first-order valence-electron chi connectivity index (χ1n) is 5.54. The van der Waals surface area contributed by atoms with Gasteiger partial charge in [-0.3, -0.25) is 4.79 Å². The first-order valence-corrected chi connectivity index (χ1v) is 5.54. The number of phenols is 1. The lowest BCUT2D eigenvalue weighted by Crippen LogP contribution is -2.32. The lowest BCUT2D eigenvalue weighted by Gasteiger charge is -2.12. The smallest absolute Gasteiger partial charge is 0.220 e. The number of benzene rings is 1. The number of aromatic hydroxyl groups is 1. The van der Waals surface area contributed by atoms with Gasteiger partial charge in [-0.25, -0.2) is 0 Å². The van der Waals surface area contributed by atoms with Gasteiger partial charge in [0.2, 0.25) is 5.91 Å². The van der Waals surface area contributed by atoms with E-state index in [4.69, 9.17) is 4.74 Å². The summed E-state index contributed by atoms with van der Waals surface area (Å²) in [5, 5.41) is 13.9. The highest BCUT2D eigenvalue weighted by Crippen LogP contribution is 2.08. The molecule has 17 heavy (non-hydrogen) atoms. The van der Waals surface area contributed by atoms with Crippen LogP contribution in [0.15, 0.2) is 18.2 Å². The van der Waals surface area contributed by atoms with Crippen LogP contribution in [0.4, 0.5) is 0 Å². The molecule has 1 amide bonds. The molecule has 0 saturated carbocycles. The summed E-state index contributed by atoms with van der Waals surface area (Å²) in [6.07, 6.45) is 2.76. The van der Waals surface area contributed by atoms with Gasteiger partial charge in [0, 0.05) is 18.7 Å². The Kier molecular flexibility index (Phi) is 3.32. The number of phenolic OH excluding ortho intramolecular Hbond substituents is 1. The summed E-state index contributed by atoms with van der Waals surface area (Å²) < 4.78 is 5.32. The standard InChI is InChI=1S/C13H15NO3/c1-14-13(16)5-2-9-7-17-8-10-6-11(15)3-4-12(9)10/h3-4,6,8,15H,2,5,7H2,1H3,(H,14,16). The molecular formula is C13H15NO3. The van der Waals surface area contributed by atoms with Crippen LogP contribution in [0.25, 0.3) is 11.8 Å². The topological polar surface area (TPSA) is 58.6 Å². The number of carbonyl (C=O) groups is 1. The van der Waals surface area contributed by atoms with Gasteiger partial charge in [0.1, 0.15) is 12.4 Å². The molecule has 4 heteroatoms. The molecule has 1 heterocycles. The van der Waals surface area contributed by atoms with Crippen molar-refractivity contribution >= 4 is 17.7 Å². The van der Waals surface area contributed by atoms with Gasteiger partial charge in [-0.15, -0.1) is 0 Å². The Labute approximate surface area is 99.2 Å². The molecule has 4 nitrogen and oxygen atoms in total. The maximum Gasteiger partial charge on any atom is 0.220 e. The number of nitrogens with one attached hydrogen (secondary N) is 1. The zero-order valence-electron chi connectivity index (χ0n) is 9.69. The summed E-state index contributed by atoms with van der Waals surface area (Å²) in [7, 11) is 1.63. The number of amides is 1. The quantitative estimate of drug-likeness (QED) is 0.762. The van der Waals surface area contributed by atoms with Crippen molar-refractivity contribution in [2.24, 2.45) is 0 Å². The third-order valence-electron chi connectivity index (χ3n) is 2.82. The number of rotatable bonds is 3. The normalized spacial score (nSPS) is 13.4. The van der Waals surface area contributed by atoms with E-state index in [0.717, 1.165) is 16.0 Å². The summed E-state index contributed by atoms with van der Waals surface area (Å²) in [4.78, 5) is 11.2. The molecule has 2 N–H and O–H groups in total. The Hall–Kier alpha value is -1.97. The highest BCUT2D eigenvalue weighted by atomic mass is 16.5. The highest BCUT2D eigenvalue weighted by molar-refractivity contribution is 5.76. The van der Waals surface area contributed by atoms with E-state index < -0.39 is 0 Å². The summed E-state index contributed by atoms with van der Waals surface area (Å²) in [5.74, 6) is 0.239. The lowest BCUT2D eigenvalue weighted by molar-refractivity contribution is -0.120. The van der Waals surface area contributed by atoms with Gasteiger partial charge >= 0.3 is 0 Å². The van der Waals surface area contributed by atoms with Crippen LogP contribution in [0.5, 0.6) is 5.75 Å². The second kappa shape index (κ2) is 4.91. The Morgan fingerprint density at radius 3 is 3.12 bits per heavy atom. The molecule has 0 radical (unpaired) electrons. The zero-order valence-corrected chi connectivity index (χ0v) is 9.69. The van der Waals surface area contributed by atoms with E-state index in [0.29, 0.717) is 19.4 Å². The van der Waals surface area contributed by atoms with Crippen LogP contribution in [0.2, 0.25) is 0 Å². The van der Waals surface area contributed by atoms with E-state index in [2.05, 4.69) is 5.32 Å². The minimum atomic E-state index is 0.0207. The van der Waals surface area contributed by atoms with Crippen LogP contribution in [0.3, 0.4) is 0 Å². The average Bonchev–Trinajstić information content (AvgIpc) is 2.35. The van der Waals surface area contributed by atoms with Crippen LogP contribution in [-0.4, -0.2) is 24.7 Å². The Morgan fingerprint density at radius 2 is 2.35 bits per heavy atom. The number of fused-ring (bicyclic) bond motifs is 1. The molecule has 0 aliphatic carbocycles. The van der Waals surface area contributed by atoms with Crippen molar-refractivity contribution in [3.05, 3.63) is 28.6 Å². The first-order chi connectivity index (χ1) is 8.20. The van der Waals surface area contributed by atoms with E-state index in [-0.39, 0.29) is 11.7 Å². The molecule has 1 aromatic carbocycles. The van der Waals surface area contributed by atoms with Crippen molar-refractivity contribution < 1.29 is 14.6 Å². The summed E-state index contributed by atoms with van der Waals surface area (Å²) in [6, 6.07) is 5.18. The summed E-state index contributed by atoms with van der Waals surface area (Å²) in [6.45, 7) is 0.509. The van der Waals surface area contributed by atoms with Crippen molar-refractivity contribution in [2.75, 3.05) is 13.7 Å². The minimum Gasteiger partial charge on any atom is -0.508 e. The van der Waals surface area contributed by atoms with Gasteiger partial charge in [0.25, 0.3) is 0 Å². The fraction of sp³-hybridized carbons (Fsp3) is 0.308. The molecule has 0 spiro atoms. The van der Waals surface area contributed by atoms with E-state index in [1.807, 2.05) is 6.07 Å². The molecule has 1 aliphatic rings. The Bertz CT molecular complexity index is 548. The molecule has 1 aromatic rings. The van der Waals surface area contributed by atoms with Gasteiger partial charge < -0.3 is 15.2 Å².